The highest BCUT2D eigenvalue weighted by molar-refractivity contribution is 6.05. The van der Waals surface area contributed by atoms with Crippen molar-refractivity contribution in [2.45, 2.75) is 6.54 Å². The summed E-state index contributed by atoms with van der Waals surface area (Å²) in [4.78, 5) is 41.0. The number of carboxylic acid groups (broad SMARTS) is 1. The minimum Gasteiger partial charge on any atom is -0.478 e. The number of benzene rings is 2. The van der Waals surface area contributed by atoms with E-state index in [-0.39, 0.29) is 6.54 Å². The molecule has 3 N–H and O–H groups in total. The van der Waals surface area contributed by atoms with Gasteiger partial charge in [-0.1, -0.05) is 24.3 Å². The van der Waals surface area contributed by atoms with Gasteiger partial charge in [0.2, 0.25) is 0 Å². The highest BCUT2D eigenvalue weighted by atomic mass is 19.1. The van der Waals surface area contributed by atoms with Crippen molar-refractivity contribution in [3.05, 3.63) is 80.2 Å². The van der Waals surface area contributed by atoms with Crippen LogP contribution in [0.15, 0.2) is 52.1 Å². The van der Waals surface area contributed by atoms with Crippen LogP contribution in [0.2, 0.25) is 0 Å². The van der Waals surface area contributed by atoms with Crippen LogP contribution in [0, 0.1) is 5.82 Å². The Labute approximate surface area is 144 Å². The molecule has 8 heteroatoms. The zero-order valence-corrected chi connectivity index (χ0v) is 13.2. The van der Waals surface area contributed by atoms with E-state index in [1.165, 1.54) is 16.7 Å². The van der Waals surface area contributed by atoms with Gasteiger partial charge in [-0.25, -0.2) is 14.0 Å². The number of H-pyrrole nitrogens is 2. The maximum atomic E-state index is 13.6. The average Bonchev–Trinajstić information content (AvgIpc) is 2.99. The quantitative estimate of drug-likeness (QED) is 0.524. The number of hydrogen-bond donors (Lipinski definition) is 3. The lowest BCUT2D eigenvalue weighted by Gasteiger charge is -2.08. The Hall–Kier alpha value is -3.68. The van der Waals surface area contributed by atoms with E-state index < -0.39 is 28.6 Å². The normalized spacial score (nSPS) is 11.3. The molecule has 7 nitrogen and oxygen atoms in total. The topological polar surface area (TPSA) is 108 Å². The lowest BCUT2D eigenvalue weighted by atomic mass is 10.1. The van der Waals surface area contributed by atoms with Gasteiger partial charge in [0.15, 0.2) is 0 Å². The Bertz CT molecular complexity index is 1300. The summed E-state index contributed by atoms with van der Waals surface area (Å²) in [6, 6.07) is 10.7. The summed E-state index contributed by atoms with van der Waals surface area (Å²) in [5.74, 6) is -2.25. The molecule has 0 bridgehead atoms. The van der Waals surface area contributed by atoms with Crippen LogP contribution in [0.25, 0.3) is 21.9 Å². The fourth-order valence-electron chi connectivity index (χ4n) is 3.06. The molecule has 0 fully saturated rings. The van der Waals surface area contributed by atoms with Crippen LogP contribution in [0.4, 0.5) is 4.39 Å². The number of carbonyl (C=O) groups is 1. The number of aromatic nitrogens is 3. The maximum absolute atomic E-state index is 13.6. The first-order valence-electron chi connectivity index (χ1n) is 7.71. The largest absolute Gasteiger partial charge is 0.478 e. The first-order valence-corrected chi connectivity index (χ1v) is 7.71. The van der Waals surface area contributed by atoms with E-state index in [0.717, 1.165) is 6.07 Å². The van der Waals surface area contributed by atoms with Crippen LogP contribution in [0.1, 0.15) is 15.9 Å². The molecule has 0 aliphatic rings. The predicted octanol–water partition coefficient (Wildman–Crippen LogP) is 2.06. The number of carboxylic acids is 1. The third kappa shape index (κ3) is 2.39. The Morgan fingerprint density at radius 3 is 2.65 bits per heavy atom. The standard InChI is InChI=1S/C18H12FN3O4/c19-12-6-5-9(7-11(12)17(24)25)8-22-15-14(16(23)21-18(22)26)10-3-1-2-4-13(10)20-15/h1-7,20H,8H2,(H,24,25)(H,21,23,26). The van der Waals surface area contributed by atoms with Gasteiger partial charge in [-0.3, -0.25) is 14.3 Å². The average molecular weight is 353 g/mol. The molecule has 0 aliphatic heterocycles. The first kappa shape index (κ1) is 15.8. The number of aromatic amines is 2. The van der Waals surface area contributed by atoms with Gasteiger partial charge in [-0.05, 0) is 23.8 Å². The van der Waals surface area contributed by atoms with Gasteiger partial charge in [0.1, 0.15) is 11.5 Å². The van der Waals surface area contributed by atoms with E-state index in [4.69, 9.17) is 5.11 Å². The van der Waals surface area contributed by atoms with Crippen molar-refractivity contribution in [3.8, 4) is 0 Å². The molecule has 0 aliphatic carbocycles. The van der Waals surface area contributed by atoms with Gasteiger partial charge in [0.25, 0.3) is 5.56 Å². The molecule has 0 spiro atoms. The van der Waals surface area contributed by atoms with Crippen LogP contribution in [0.3, 0.4) is 0 Å². The van der Waals surface area contributed by atoms with Gasteiger partial charge in [0.05, 0.1) is 17.5 Å². The molecule has 0 amide bonds. The van der Waals surface area contributed by atoms with Crippen molar-refractivity contribution in [1.29, 1.82) is 0 Å². The molecule has 130 valence electrons. The second-order valence-corrected chi connectivity index (χ2v) is 5.86. The molecule has 2 heterocycles. The number of fused-ring (bicyclic) bond motifs is 3. The van der Waals surface area contributed by atoms with Crippen molar-refractivity contribution in [2.24, 2.45) is 0 Å². The van der Waals surface area contributed by atoms with Gasteiger partial charge in [0, 0.05) is 10.9 Å². The van der Waals surface area contributed by atoms with E-state index in [1.807, 2.05) is 0 Å². The monoisotopic (exact) mass is 353 g/mol. The van der Waals surface area contributed by atoms with Crippen molar-refractivity contribution in [1.82, 2.24) is 14.5 Å². The summed E-state index contributed by atoms with van der Waals surface area (Å²) in [7, 11) is 0. The highest BCUT2D eigenvalue weighted by Gasteiger charge is 2.15. The van der Waals surface area contributed by atoms with E-state index >= 15 is 0 Å². The minimum atomic E-state index is -1.39. The summed E-state index contributed by atoms with van der Waals surface area (Å²) in [6.07, 6.45) is 0. The predicted molar refractivity (Wildman–Crippen MR) is 93.1 cm³/mol. The summed E-state index contributed by atoms with van der Waals surface area (Å²) in [5, 5.41) is 10.1. The maximum Gasteiger partial charge on any atom is 0.338 e. The van der Waals surface area contributed by atoms with Crippen LogP contribution < -0.4 is 11.2 Å². The zero-order chi connectivity index (χ0) is 18.4. The summed E-state index contributed by atoms with van der Waals surface area (Å²) >= 11 is 0. The van der Waals surface area contributed by atoms with Crippen LogP contribution >= 0.6 is 0 Å². The van der Waals surface area contributed by atoms with Crippen molar-refractivity contribution in [2.75, 3.05) is 0 Å². The number of rotatable bonds is 3. The Kier molecular flexibility index (Phi) is 3.47. The minimum absolute atomic E-state index is 0.0283. The van der Waals surface area contributed by atoms with Crippen molar-refractivity contribution < 1.29 is 14.3 Å². The van der Waals surface area contributed by atoms with Crippen molar-refractivity contribution >= 4 is 27.9 Å². The molecular formula is C18H12FN3O4. The number of para-hydroxylation sites is 1. The molecule has 0 radical (unpaired) electrons. The Balaban J connectivity index is 1.95. The lowest BCUT2D eigenvalue weighted by molar-refractivity contribution is 0.0691. The van der Waals surface area contributed by atoms with Crippen LogP contribution in [0.5, 0.6) is 0 Å². The molecule has 0 saturated heterocycles. The summed E-state index contributed by atoms with van der Waals surface area (Å²) in [5.41, 5.74) is -0.205. The molecule has 2 aromatic carbocycles. The number of nitrogens with zero attached hydrogens (tertiary/aromatic N) is 1. The van der Waals surface area contributed by atoms with Gasteiger partial charge < -0.3 is 10.1 Å². The lowest BCUT2D eigenvalue weighted by Crippen LogP contribution is -2.30. The van der Waals surface area contributed by atoms with E-state index in [9.17, 15) is 18.8 Å². The summed E-state index contributed by atoms with van der Waals surface area (Å²) < 4.78 is 14.9. The fraction of sp³-hybridized carbons (Fsp3) is 0.0556. The van der Waals surface area contributed by atoms with Gasteiger partial charge in [-0.15, -0.1) is 0 Å². The van der Waals surface area contributed by atoms with Crippen LogP contribution in [-0.2, 0) is 6.54 Å². The third-order valence-corrected chi connectivity index (χ3v) is 4.25. The molecule has 0 unspecified atom stereocenters. The zero-order valence-electron chi connectivity index (χ0n) is 13.2. The van der Waals surface area contributed by atoms with Crippen molar-refractivity contribution in [3.63, 3.8) is 0 Å². The van der Waals surface area contributed by atoms with Gasteiger partial charge >= 0.3 is 11.7 Å². The summed E-state index contributed by atoms with van der Waals surface area (Å²) in [6.45, 7) is -0.0283. The number of hydrogen-bond acceptors (Lipinski definition) is 3. The molecule has 0 saturated carbocycles. The molecule has 0 atom stereocenters. The molecular weight excluding hydrogens is 341 g/mol. The highest BCUT2D eigenvalue weighted by Crippen LogP contribution is 2.21. The van der Waals surface area contributed by atoms with E-state index in [0.29, 0.717) is 27.5 Å². The second-order valence-electron chi connectivity index (χ2n) is 5.86. The molecule has 26 heavy (non-hydrogen) atoms. The second kappa shape index (κ2) is 5.69. The fourth-order valence-corrected chi connectivity index (χ4v) is 3.06. The third-order valence-electron chi connectivity index (χ3n) is 4.25. The number of halogens is 1. The van der Waals surface area contributed by atoms with Gasteiger partial charge in [-0.2, -0.15) is 0 Å². The van der Waals surface area contributed by atoms with Crippen LogP contribution in [-0.4, -0.2) is 25.6 Å². The smallest absolute Gasteiger partial charge is 0.338 e. The molecule has 2 aromatic heterocycles. The molecule has 4 rings (SSSR count). The number of aromatic carboxylic acids is 1. The SMILES string of the molecule is O=C(O)c1cc(Cn2c(=O)[nH]c(=O)c3c4ccccc4[nH]c32)ccc1F. The Morgan fingerprint density at radius 2 is 1.88 bits per heavy atom. The molecule has 4 aromatic rings. The van der Waals surface area contributed by atoms with E-state index in [1.54, 1.807) is 24.3 Å². The van der Waals surface area contributed by atoms with E-state index in [2.05, 4.69) is 9.97 Å². The number of nitrogens with one attached hydrogen (secondary N) is 2. The Morgan fingerprint density at radius 1 is 1.12 bits per heavy atom. The first-order chi connectivity index (χ1) is 12.5.